The van der Waals surface area contributed by atoms with E-state index in [1.54, 1.807) is 0 Å². The highest BCUT2D eigenvalue weighted by molar-refractivity contribution is 5.80. The number of piperidine rings is 1. The van der Waals surface area contributed by atoms with Crippen molar-refractivity contribution in [2.45, 2.75) is 57.4 Å². The predicted octanol–water partition coefficient (Wildman–Crippen LogP) is 3.35. The molecule has 5 rings (SSSR count). The second-order valence-corrected chi connectivity index (χ2v) is 10.2. The molecular formula is C28H36N4O4. The molecule has 8 heteroatoms. The molecule has 3 aliphatic rings. The summed E-state index contributed by atoms with van der Waals surface area (Å²) in [6.45, 7) is 4.27. The number of amides is 1. The molecule has 36 heavy (non-hydrogen) atoms. The number of rotatable bonds is 9. The van der Waals surface area contributed by atoms with Crippen LogP contribution in [0.15, 0.2) is 30.3 Å². The molecule has 192 valence electrons. The average Bonchev–Trinajstić information content (AvgIpc) is 3.36. The number of carboxylic acids is 1. The van der Waals surface area contributed by atoms with Crippen LogP contribution in [0.4, 0.5) is 5.82 Å². The number of ether oxygens (including phenoxy) is 1. The van der Waals surface area contributed by atoms with Crippen LogP contribution in [0.2, 0.25) is 0 Å². The first-order valence-corrected chi connectivity index (χ1v) is 13.3. The lowest BCUT2D eigenvalue weighted by molar-refractivity contribution is -0.138. The molecule has 1 amide bonds. The number of nitrogens with zero attached hydrogens (tertiary/aromatic N) is 2. The summed E-state index contributed by atoms with van der Waals surface area (Å²) in [5.41, 5.74) is 4.33. The number of aliphatic carboxylic acids is 1. The summed E-state index contributed by atoms with van der Waals surface area (Å²) >= 11 is 0. The van der Waals surface area contributed by atoms with E-state index in [1.165, 1.54) is 5.56 Å². The van der Waals surface area contributed by atoms with Crippen molar-refractivity contribution in [2.24, 2.45) is 5.92 Å². The van der Waals surface area contributed by atoms with Gasteiger partial charge in [-0.15, -0.1) is 0 Å². The minimum Gasteiger partial charge on any atom is -0.493 e. The SMILES string of the molecule is O=C(O)CC(NC(=O)[C@@H]1CCCN(CCCc2ccc3c(n2)NCCC3)C1)c1ccc2c(c1)CCO2. The van der Waals surface area contributed by atoms with Gasteiger partial charge < -0.3 is 25.4 Å². The van der Waals surface area contributed by atoms with Crippen LogP contribution in [0.25, 0.3) is 0 Å². The Bertz CT molecular complexity index is 1100. The summed E-state index contributed by atoms with van der Waals surface area (Å²) in [7, 11) is 0. The Hall–Kier alpha value is -3.13. The number of anilines is 1. The van der Waals surface area contributed by atoms with Gasteiger partial charge in [-0.2, -0.15) is 0 Å². The molecular weight excluding hydrogens is 456 g/mol. The number of carbonyl (C=O) groups excluding carboxylic acids is 1. The second kappa shape index (κ2) is 11.3. The maximum Gasteiger partial charge on any atom is 0.305 e. The number of hydrogen-bond acceptors (Lipinski definition) is 6. The monoisotopic (exact) mass is 492 g/mol. The van der Waals surface area contributed by atoms with E-state index in [0.29, 0.717) is 13.2 Å². The third-order valence-electron chi connectivity index (χ3n) is 7.55. The minimum atomic E-state index is -0.923. The fourth-order valence-corrected chi connectivity index (χ4v) is 5.60. The van der Waals surface area contributed by atoms with Crippen LogP contribution >= 0.6 is 0 Å². The Morgan fingerprint density at radius 2 is 2.11 bits per heavy atom. The van der Waals surface area contributed by atoms with E-state index >= 15 is 0 Å². The fraction of sp³-hybridized carbons (Fsp3) is 0.536. The van der Waals surface area contributed by atoms with Crippen molar-refractivity contribution in [1.82, 2.24) is 15.2 Å². The summed E-state index contributed by atoms with van der Waals surface area (Å²) in [5, 5.41) is 15.9. The topological polar surface area (TPSA) is 104 Å². The van der Waals surface area contributed by atoms with Gasteiger partial charge in [0, 0.05) is 25.2 Å². The van der Waals surface area contributed by atoms with Gasteiger partial charge in [0.2, 0.25) is 5.91 Å². The second-order valence-electron chi connectivity index (χ2n) is 10.2. The Labute approximate surface area is 212 Å². The number of hydrogen-bond donors (Lipinski definition) is 3. The highest BCUT2D eigenvalue weighted by Crippen LogP contribution is 2.30. The van der Waals surface area contributed by atoms with Gasteiger partial charge in [-0.3, -0.25) is 9.59 Å². The van der Waals surface area contributed by atoms with E-state index < -0.39 is 12.0 Å². The van der Waals surface area contributed by atoms with E-state index in [1.807, 2.05) is 18.2 Å². The smallest absolute Gasteiger partial charge is 0.305 e. The van der Waals surface area contributed by atoms with Gasteiger partial charge in [-0.05, 0) is 86.5 Å². The molecule has 1 fully saturated rings. The number of carbonyl (C=O) groups is 2. The lowest BCUT2D eigenvalue weighted by Gasteiger charge is -2.33. The van der Waals surface area contributed by atoms with Gasteiger partial charge in [0.15, 0.2) is 0 Å². The van der Waals surface area contributed by atoms with Gasteiger partial charge in [-0.1, -0.05) is 12.1 Å². The Balaban J connectivity index is 1.14. The van der Waals surface area contributed by atoms with E-state index in [2.05, 4.69) is 27.7 Å². The zero-order valence-corrected chi connectivity index (χ0v) is 20.8. The van der Waals surface area contributed by atoms with Crippen LogP contribution in [0.5, 0.6) is 5.75 Å². The first-order chi connectivity index (χ1) is 17.5. The maximum absolute atomic E-state index is 13.2. The molecule has 0 saturated carbocycles. The van der Waals surface area contributed by atoms with Crippen LogP contribution in [-0.4, -0.2) is 59.7 Å². The highest BCUT2D eigenvalue weighted by Gasteiger charge is 2.29. The largest absolute Gasteiger partial charge is 0.493 e. The number of carboxylic acid groups (broad SMARTS) is 1. The molecule has 0 spiro atoms. The zero-order chi connectivity index (χ0) is 24.9. The Morgan fingerprint density at radius 3 is 3.00 bits per heavy atom. The molecule has 2 aromatic rings. The van der Waals surface area contributed by atoms with Gasteiger partial charge in [0.1, 0.15) is 11.6 Å². The van der Waals surface area contributed by atoms with Crippen molar-refractivity contribution >= 4 is 17.7 Å². The molecule has 1 saturated heterocycles. The number of fused-ring (bicyclic) bond motifs is 2. The number of benzene rings is 1. The standard InChI is InChI=1S/C28H36N4O4/c33-26(34)17-24(20-8-10-25-21(16-20)11-15-36-25)31-28(35)22-5-2-13-32(18-22)14-3-6-23-9-7-19-4-1-12-29-27(19)30-23/h7-10,16,22,24H,1-6,11-15,17-18H2,(H,29,30)(H,31,35)(H,33,34)/t22-,24?/m1/s1. The molecule has 2 atom stereocenters. The van der Waals surface area contributed by atoms with Gasteiger partial charge in [0.05, 0.1) is 25.0 Å². The van der Waals surface area contributed by atoms with Crippen LogP contribution in [-0.2, 0) is 28.9 Å². The molecule has 0 bridgehead atoms. The molecule has 4 heterocycles. The van der Waals surface area contributed by atoms with Crippen molar-refractivity contribution in [1.29, 1.82) is 0 Å². The molecule has 1 aromatic heterocycles. The predicted molar refractivity (Wildman–Crippen MR) is 137 cm³/mol. The quantitative estimate of drug-likeness (QED) is 0.493. The number of aromatic nitrogens is 1. The summed E-state index contributed by atoms with van der Waals surface area (Å²) in [4.78, 5) is 31.9. The van der Waals surface area contributed by atoms with E-state index in [-0.39, 0.29) is 18.2 Å². The number of nitrogens with one attached hydrogen (secondary N) is 2. The van der Waals surface area contributed by atoms with Crippen molar-refractivity contribution in [3.8, 4) is 5.75 Å². The minimum absolute atomic E-state index is 0.0508. The van der Waals surface area contributed by atoms with Gasteiger partial charge in [-0.25, -0.2) is 4.98 Å². The molecule has 1 aromatic carbocycles. The number of pyridine rings is 1. The normalized spacial score (nSPS) is 19.9. The van der Waals surface area contributed by atoms with Gasteiger partial charge in [0.25, 0.3) is 0 Å². The molecule has 8 nitrogen and oxygen atoms in total. The van der Waals surface area contributed by atoms with Crippen LogP contribution in [0, 0.1) is 5.92 Å². The first kappa shape index (κ1) is 24.6. The third-order valence-corrected chi connectivity index (χ3v) is 7.55. The van der Waals surface area contributed by atoms with Crippen LogP contribution < -0.4 is 15.4 Å². The highest BCUT2D eigenvalue weighted by atomic mass is 16.5. The molecule has 0 aliphatic carbocycles. The van der Waals surface area contributed by atoms with Crippen LogP contribution in [0.1, 0.15) is 60.5 Å². The van der Waals surface area contributed by atoms with E-state index in [0.717, 1.165) is 93.0 Å². The third kappa shape index (κ3) is 5.98. The lowest BCUT2D eigenvalue weighted by Crippen LogP contribution is -2.44. The van der Waals surface area contributed by atoms with Crippen molar-refractivity contribution in [3.63, 3.8) is 0 Å². The summed E-state index contributed by atoms with van der Waals surface area (Å²) in [6.07, 6.45) is 6.66. The maximum atomic E-state index is 13.2. The van der Waals surface area contributed by atoms with Crippen molar-refractivity contribution in [2.75, 3.05) is 38.1 Å². The number of aryl methyl sites for hydroxylation is 2. The first-order valence-electron chi connectivity index (χ1n) is 13.3. The Morgan fingerprint density at radius 1 is 1.19 bits per heavy atom. The van der Waals surface area contributed by atoms with E-state index in [9.17, 15) is 14.7 Å². The van der Waals surface area contributed by atoms with Crippen molar-refractivity contribution < 1.29 is 19.4 Å². The molecule has 3 aliphatic heterocycles. The number of likely N-dealkylation sites (tertiary alicyclic amines) is 1. The van der Waals surface area contributed by atoms with E-state index in [4.69, 9.17) is 9.72 Å². The summed E-state index contributed by atoms with van der Waals surface area (Å²) in [6, 6.07) is 9.54. The molecule has 0 radical (unpaired) electrons. The lowest BCUT2D eigenvalue weighted by atomic mass is 9.94. The molecule has 3 N–H and O–H groups in total. The van der Waals surface area contributed by atoms with Crippen LogP contribution in [0.3, 0.4) is 0 Å². The zero-order valence-electron chi connectivity index (χ0n) is 20.8. The fourth-order valence-electron chi connectivity index (χ4n) is 5.60. The van der Waals surface area contributed by atoms with Crippen molar-refractivity contribution in [3.05, 3.63) is 52.7 Å². The summed E-state index contributed by atoms with van der Waals surface area (Å²) < 4.78 is 5.57. The molecule has 1 unspecified atom stereocenters. The van der Waals surface area contributed by atoms with Gasteiger partial charge >= 0.3 is 5.97 Å². The Kier molecular flexibility index (Phi) is 7.70. The average molecular weight is 493 g/mol. The summed E-state index contributed by atoms with van der Waals surface area (Å²) in [5.74, 6) is 0.793.